The van der Waals surface area contributed by atoms with Gasteiger partial charge in [0, 0.05) is 23.4 Å². The lowest BCUT2D eigenvalue weighted by Crippen LogP contribution is -2.52. The number of carbonyl (C=O) groups is 1. The number of aryl methyl sites for hydroxylation is 1. The van der Waals surface area contributed by atoms with Crippen molar-refractivity contribution < 1.29 is 4.79 Å². The van der Waals surface area contributed by atoms with Gasteiger partial charge in [-0.05, 0) is 43.6 Å². The fourth-order valence-corrected chi connectivity index (χ4v) is 3.11. The SMILES string of the molecule is CC(C)CC(C)(CN)NC(=O)CCCc1cccs1.Cl. The third-order valence-corrected chi connectivity index (χ3v) is 4.09. The van der Waals surface area contributed by atoms with Crippen molar-refractivity contribution in [2.24, 2.45) is 11.7 Å². The number of halogens is 1. The van der Waals surface area contributed by atoms with Crippen LogP contribution in [0.3, 0.4) is 0 Å². The lowest BCUT2D eigenvalue weighted by molar-refractivity contribution is -0.123. The molecule has 0 saturated heterocycles. The molecule has 3 nitrogen and oxygen atoms in total. The predicted octanol–water partition coefficient (Wildman–Crippen LogP) is 3.37. The molecule has 1 unspecified atom stereocenters. The molecule has 1 aromatic rings. The zero-order chi connectivity index (χ0) is 14.3. The first kappa shape index (κ1) is 19.4. The van der Waals surface area contributed by atoms with Gasteiger partial charge in [-0.25, -0.2) is 0 Å². The molecule has 0 radical (unpaired) electrons. The number of hydrogen-bond acceptors (Lipinski definition) is 3. The average Bonchev–Trinajstić information content (AvgIpc) is 2.80. The Morgan fingerprint density at radius 1 is 1.50 bits per heavy atom. The highest BCUT2D eigenvalue weighted by Crippen LogP contribution is 2.16. The molecule has 0 spiro atoms. The van der Waals surface area contributed by atoms with Gasteiger partial charge in [-0.2, -0.15) is 0 Å². The van der Waals surface area contributed by atoms with Crippen molar-refractivity contribution in [2.45, 2.75) is 52.0 Å². The van der Waals surface area contributed by atoms with Crippen molar-refractivity contribution in [3.05, 3.63) is 22.4 Å². The Morgan fingerprint density at radius 2 is 2.20 bits per heavy atom. The molecule has 0 bridgehead atoms. The van der Waals surface area contributed by atoms with E-state index in [0.29, 0.717) is 18.9 Å². The molecule has 1 amide bonds. The molecule has 0 fully saturated rings. The van der Waals surface area contributed by atoms with Crippen LogP contribution in [0, 0.1) is 5.92 Å². The summed E-state index contributed by atoms with van der Waals surface area (Å²) in [6, 6.07) is 4.17. The van der Waals surface area contributed by atoms with Crippen LogP contribution in [-0.2, 0) is 11.2 Å². The van der Waals surface area contributed by atoms with E-state index in [1.165, 1.54) is 4.88 Å². The molecule has 116 valence electrons. The third kappa shape index (κ3) is 7.27. The molecule has 0 aliphatic heterocycles. The normalized spacial score (nSPS) is 13.7. The summed E-state index contributed by atoms with van der Waals surface area (Å²) in [4.78, 5) is 13.3. The molecule has 3 N–H and O–H groups in total. The van der Waals surface area contributed by atoms with Crippen LogP contribution < -0.4 is 11.1 Å². The van der Waals surface area contributed by atoms with Crippen LogP contribution in [0.2, 0.25) is 0 Å². The van der Waals surface area contributed by atoms with Gasteiger partial charge in [0.15, 0.2) is 0 Å². The zero-order valence-corrected chi connectivity index (χ0v) is 14.3. The number of amides is 1. The van der Waals surface area contributed by atoms with E-state index in [1.807, 2.05) is 13.0 Å². The molecular weight excluding hydrogens is 292 g/mol. The van der Waals surface area contributed by atoms with Gasteiger partial charge < -0.3 is 11.1 Å². The Labute approximate surface area is 132 Å². The van der Waals surface area contributed by atoms with E-state index in [-0.39, 0.29) is 23.9 Å². The Kier molecular flexibility index (Phi) is 9.10. The molecule has 5 heteroatoms. The molecular formula is C15H27ClN2OS. The average molecular weight is 319 g/mol. The van der Waals surface area contributed by atoms with Gasteiger partial charge >= 0.3 is 0 Å². The minimum absolute atomic E-state index is 0. The fraction of sp³-hybridized carbons (Fsp3) is 0.667. The molecule has 1 aromatic heterocycles. The molecule has 1 heterocycles. The van der Waals surface area contributed by atoms with E-state index < -0.39 is 0 Å². The first-order valence-electron chi connectivity index (χ1n) is 6.98. The number of nitrogens with one attached hydrogen (secondary N) is 1. The summed E-state index contributed by atoms with van der Waals surface area (Å²) in [6.07, 6.45) is 3.37. The summed E-state index contributed by atoms with van der Waals surface area (Å²) in [5, 5.41) is 5.17. The molecule has 0 aromatic carbocycles. The highest BCUT2D eigenvalue weighted by molar-refractivity contribution is 7.09. The first-order valence-corrected chi connectivity index (χ1v) is 7.86. The van der Waals surface area contributed by atoms with Crippen LogP contribution in [0.15, 0.2) is 17.5 Å². The maximum Gasteiger partial charge on any atom is 0.220 e. The highest BCUT2D eigenvalue weighted by atomic mass is 35.5. The minimum atomic E-state index is -0.270. The van der Waals surface area contributed by atoms with Gasteiger partial charge in [-0.15, -0.1) is 23.7 Å². The van der Waals surface area contributed by atoms with Crippen molar-refractivity contribution in [2.75, 3.05) is 6.54 Å². The van der Waals surface area contributed by atoms with E-state index >= 15 is 0 Å². The number of thiophene rings is 1. The van der Waals surface area contributed by atoms with Crippen molar-refractivity contribution in [1.82, 2.24) is 5.32 Å². The van der Waals surface area contributed by atoms with Crippen LogP contribution in [0.4, 0.5) is 0 Å². The number of carbonyl (C=O) groups excluding carboxylic acids is 1. The van der Waals surface area contributed by atoms with E-state index in [1.54, 1.807) is 11.3 Å². The summed E-state index contributed by atoms with van der Waals surface area (Å²) in [5.74, 6) is 0.644. The van der Waals surface area contributed by atoms with Crippen molar-refractivity contribution >= 4 is 29.7 Å². The summed E-state index contributed by atoms with van der Waals surface area (Å²) in [7, 11) is 0. The topological polar surface area (TPSA) is 55.1 Å². The molecule has 20 heavy (non-hydrogen) atoms. The quantitative estimate of drug-likeness (QED) is 0.772. The second-order valence-electron chi connectivity index (χ2n) is 5.84. The van der Waals surface area contributed by atoms with Crippen LogP contribution in [0.1, 0.15) is 44.9 Å². The van der Waals surface area contributed by atoms with Crippen molar-refractivity contribution in [3.63, 3.8) is 0 Å². The summed E-state index contributed by atoms with van der Waals surface area (Å²) < 4.78 is 0. The zero-order valence-electron chi connectivity index (χ0n) is 12.6. The number of rotatable bonds is 8. The van der Waals surface area contributed by atoms with E-state index in [2.05, 4.69) is 30.6 Å². The lowest BCUT2D eigenvalue weighted by atomic mass is 9.90. The van der Waals surface area contributed by atoms with Gasteiger partial charge in [-0.1, -0.05) is 19.9 Å². The van der Waals surface area contributed by atoms with Crippen LogP contribution >= 0.6 is 23.7 Å². The second kappa shape index (κ2) is 9.37. The van der Waals surface area contributed by atoms with Gasteiger partial charge in [0.25, 0.3) is 0 Å². The maximum absolute atomic E-state index is 12.0. The van der Waals surface area contributed by atoms with E-state index in [9.17, 15) is 4.79 Å². The van der Waals surface area contributed by atoms with Crippen LogP contribution in [0.25, 0.3) is 0 Å². The molecule has 1 rings (SSSR count). The van der Waals surface area contributed by atoms with Gasteiger partial charge in [0.2, 0.25) is 5.91 Å². The third-order valence-electron chi connectivity index (χ3n) is 3.16. The number of hydrogen-bond donors (Lipinski definition) is 2. The molecule has 0 aliphatic carbocycles. The first-order chi connectivity index (χ1) is 8.95. The fourth-order valence-electron chi connectivity index (χ4n) is 2.36. The highest BCUT2D eigenvalue weighted by Gasteiger charge is 2.25. The Balaban J connectivity index is 0.00000361. The van der Waals surface area contributed by atoms with E-state index in [4.69, 9.17) is 5.73 Å². The van der Waals surface area contributed by atoms with Crippen LogP contribution in [0.5, 0.6) is 0 Å². The standard InChI is InChI=1S/C15H26N2OS.ClH/c1-12(2)10-15(3,11-16)17-14(18)8-4-6-13-7-5-9-19-13;/h5,7,9,12H,4,6,8,10-11,16H2,1-3H3,(H,17,18);1H. The second-order valence-corrected chi connectivity index (χ2v) is 6.88. The van der Waals surface area contributed by atoms with E-state index in [0.717, 1.165) is 19.3 Å². The Bertz CT molecular complexity index is 381. The van der Waals surface area contributed by atoms with Crippen LogP contribution in [-0.4, -0.2) is 18.0 Å². The minimum Gasteiger partial charge on any atom is -0.350 e. The predicted molar refractivity (Wildman–Crippen MR) is 89.6 cm³/mol. The molecule has 0 aliphatic rings. The largest absolute Gasteiger partial charge is 0.350 e. The van der Waals surface area contributed by atoms with Crippen molar-refractivity contribution in [3.8, 4) is 0 Å². The maximum atomic E-state index is 12.0. The summed E-state index contributed by atoms with van der Waals surface area (Å²) in [5.41, 5.74) is 5.53. The van der Waals surface area contributed by atoms with Gasteiger partial charge in [-0.3, -0.25) is 4.79 Å². The van der Waals surface area contributed by atoms with Gasteiger partial charge in [0.05, 0.1) is 0 Å². The lowest BCUT2D eigenvalue weighted by Gasteiger charge is -2.31. The number of nitrogens with two attached hydrogens (primary N) is 1. The Hall–Kier alpha value is -0.580. The Morgan fingerprint density at radius 3 is 2.70 bits per heavy atom. The van der Waals surface area contributed by atoms with Gasteiger partial charge in [0.1, 0.15) is 0 Å². The molecule has 0 saturated carbocycles. The summed E-state index contributed by atoms with van der Waals surface area (Å²) >= 11 is 1.75. The molecule has 1 atom stereocenters. The summed E-state index contributed by atoms with van der Waals surface area (Å²) in [6.45, 7) is 6.82. The smallest absolute Gasteiger partial charge is 0.220 e. The monoisotopic (exact) mass is 318 g/mol. The van der Waals surface area contributed by atoms with Crippen molar-refractivity contribution in [1.29, 1.82) is 0 Å².